The maximum Gasteiger partial charge on any atom is 0.316 e. The third-order valence-corrected chi connectivity index (χ3v) is 5.27. The van der Waals surface area contributed by atoms with Crippen molar-refractivity contribution in [3.8, 4) is 0 Å². The summed E-state index contributed by atoms with van der Waals surface area (Å²) in [5, 5.41) is 10.9. The number of carbonyl (C=O) groups excluding carboxylic acids is 4. The molecule has 0 aromatic heterocycles. The van der Waals surface area contributed by atoms with E-state index in [1.54, 1.807) is 0 Å². The summed E-state index contributed by atoms with van der Waals surface area (Å²) in [6.45, 7) is 0. The van der Waals surface area contributed by atoms with Gasteiger partial charge in [-0.1, -0.05) is 6.07 Å². The van der Waals surface area contributed by atoms with Crippen LogP contribution in [0.1, 0.15) is 33.6 Å². The molecular formula is C15H12N2O7S. The largest absolute Gasteiger partial charge is 0.481 e. The van der Waals surface area contributed by atoms with Crippen LogP contribution in [0, 0.1) is 0 Å². The number of nitrogens with one attached hydrogen (secondary N) is 1. The van der Waals surface area contributed by atoms with Gasteiger partial charge in [0.05, 0.1) is 26.8 Å². The summed E-state index contributed by atoms with van der Waals surface area (Å²) in [6, 6.07) is 2.93. The van der Waals surface area contributed by atoms with Gasteiger partial charge in [-0.15, -0.1) is 0 Å². The summed E-state index contributed by atoms with van der Waals surface area (Å²) in [5.74, 6) is -4.81. The van der Waals surface area contributed by atoms with Gasteiger partial charge in [-0.25, -0.2) is 0 Å². The second kappa shape index (κ2) is 6.20. The second-order valence-electron chi connectivity index (χ2n) is 5.51. The zero-order valence-corrected chi connectivity index (χ0v) is 13.5. The second-order valence-corrected chi connectivity index (χ2v) is 6.93. The standard InChI is InChI=1S/C15H12N2O7S/c18-10-5-4-8(13(21)16-10)17-14(22)7-2-1-3-9(12(7)15(17)23)25(24)6-11(19)20/h1-3,8H,4-6H2,(H,19,20)(H,16,18,21). The van der Waals surface area contributed by atoms with Crippen LogP contribution < -0.4 is 5.32 Å². The quantitative estimate of drug-likeness (QED) is 0.672. The Balaban J connectivity index is 2.00. The fourth-order valence-electron chi connectivity index (χ4n) is 2.86. The van der Waals surface area contributed by atoms with Crippen molar-refractivity contribution in [1.82, 2.24) is 10.2 Å². The fourth-order valence-corrected chi connectivity index (χ4v) is 3.90. The number of nitrogens with zero attached hydrogens (tertiary/aromatic N) is 1. The van der Waals surface area contributed by atoms with Crippen LogP contribution >= 0.6 is 0 Å². The molecule has 1 aromatic carbocycles. The van der Waals surface area contributed by atoms with Crippen molar-refractivity contribution in [3.63, 3.8) is 0 Å². The maximum absolute atomic E-state index is 12.7. The molecule has 2 heterocycles. The molecule has 2 unspecified atom stereocenters. The zero-order chi connectivity index (χ0) is 18.3. The molecule has 0 spiro atoms. The van der Waals surface area contributed by atoms with Crippen LogP contribution in [0.5, 0.6) is 0 Å². The molecule has 1 aromatic rings. The number of piperidine rings is 1. The summed E-state index contributed by atoms with van der Waals surface area (Å²) < 4.78 is 12.2. The Bertz CT molecular complexity index is 863. The van der Waals surface area contributed by atoms with Gasteiger partial charge in [0, 0.05) is 6.42 Å². The lowest BCUT2D eigenvalue weighted by Gasteiger charge is -2.27. The van der Waals surface area contributed by atoms with Crippen LogP contribution in [0.4, 0.5) is 0 Å². The van der Waals surface area contributed by atoms with Crippen LogP contribution in [0.15, 0.2) is 23.1 Å². The van der Waals surface area contributed by atoms with E-state index in [1.807, 2.05) is 0 Å². The normalized spacial score (nSPS) is 21.1. The van der Waals surface area contributed by atoms with E-state index in [0.29, 0.717) is 0 Å². The molecule has 0 radical (unpaired) electrons. The zero-order valence-electron chi connectivity index (χ0n) is 12.7. The molecule has 1 saturated heterocycles. The lowest BCUT2D eigenvalue weighted by Crippen LogP contribution is -2.54. The summed E-state index contributed by atoms with van der Waals surface area (Å²) in [6.07, 6.45) is -0.00863. The first kappa shape index (κ1) is 17.0. The van der Waals surface area contributed by atoms with Crippen molar-refractivity contribution >= 4 is 40.4 Å². The number of aliphatic carboxylic acids is 1. The Morgan fingerprint density at radius 2 is 1.96 bits per heavy atom. The van der Waals surface area contributed by atoms with Crippen LogP contribution in [0.25, 0.3) is 0 Å². The van der Waals surface area contributed by atoms with E-state index < -0.39 is 52.2 Å². The minimum absolute atomic E-state index is 0.00365. The predicted molar refractivity (Wildman–Crippen MR) is 82.0 cm³/mol. The van der Waals surface area contributed by atoms with Crippen LogP contribution in [0.2, 0.25) is 0 Å². The fraction of sp³-hybridized carbons (Fsp3) is 0.267. The molecule has 9 nitrogen and oxygen atoms in total. The molecule has 0 bridgehead atoms. The summed E-state index contributed by atoms with van der Waals surface area (Å²) in [7, 11) is -2.02. The summed E-state index contributed by atoms with van der Waals surface area (Å²) in [5.41, 5.74) is -0.192. The third-order valence-electron chi connectivity index (χ3n) is 3.93. The van der Waals surface area contributed by atoms with Gasteiger partial charge >= 0.3 is 5.97 Å². The van der Waals surface area contributed by atoms with Crippen molar-refractivity contribution < 1.29 is 33.3 Å². The van der Waals surface area contributed by atoms with Crippen molar-refractivity contribution in [1.29, 1.82) is 0 Å². The molecule has 2 aliphatic heterocycles. The molecule has 3 rings (SSSR count). The van der Waals surface area contributed by atoms with E-state index >= 15 is 0 Å². The van der Waals surface area contributed by atoms with Gasteiger partial charge in [-0.3, -0.25) is 38.4 Å². The summed E-state index contributed by atoms with van der Waals surface area (Å²) >= 11 is 0. The van der Waals surface area contributed by atoms with Crippen LogP contribution in [-0.4, -0.2) is 55.6 Å². The van der Waals surface area contributed by atoms with E-state index in [4.69, 9.17) is 5.11 Å². The lowest BCUT2D eigenvalue weighted by atomic mass is 10.0. The SMILES string of the molecule is O=C(O)CS(=O)c1cccc2c1C(=O)N(C1CCC(=O)NC1=O)C2=O. The van der Waals surface area contributed by atoms with Crippen molar-refractivity contribution in [2.75, 3.05) is 5.75 Å². The minimum atomic E-state index is -2.02. The number of hydrogen-bond donors (Lipinski definition) is 2. The number of amides is 4. The third kappa shape index (κ3) is 2.84. The van der Waals surface area contributed by atoms with Gasteiger partial charge in [0.15, 0.2) is 0 Å². The number of benzene rings is 1. The summed E-state index contributed by atoms with van der Waals surface area (Å²) in [4.78, 5) is 59.9. The molecule has 25 heavy (non-hydrogen) atoms. The smallest absolute Gasteiger partial charge is 0.316 e. The van der Waals surface area contributed by atoms with E-state index in [9.17, 15) is 28.2 Å². The molecule has 0 saturated carbocycles. The Hall–Kier alpha value is -2.88. The maximum atomic E-state index is 12.7. The molecule has 4 amide bonds. The Morgan fingerprint density at radius 1 is 1.24 bits per heavy atom. The van der Waals surface area contributed by atoms with Gasteiger partial charge in [0.25, 0.3) is 11.8 Å². The first-order chi connectivity index (χ1) is 11.8. The van der Waals surface area contributed by atoms with E-state index in [2.05, 4.69) is 5.32 Å². The van der Waals surface area contributed by atoms with Crippen molar-refractivity contribution in [2.24, 2.45) is 0 Å². The molecule has 2 N–H and O–H groups in total. The Morgan fingerprint density at radius 3 is 2.60 bits per heavy atom. The molecular weight excluding hydrogens is 352 g/mol. The lowest BCUT2D eigenvalue weighted by molar-refractivity contribution is -0.136. The van der Waals surface area contributed by atoms with Crippen molar-refractivity contribution in [2.45, 2.75) is 23.8 Å². The Kier molecular flexibility index (Phi) is 4.21. The molecule has 2 aliphatic rings. The topological polar surface area (TPSA) is 138 Å². The highest BCUT2D eigenvalue weighted by molar-refractivity contribution is 7.85. The highest BCUT2D eigenvalue weighted by Crippen LogP contribution is 2.31. The average Bonchev–Trinajstić information content (AvgIpc) is 2.79. The first-order valence-corrected chi connectivity index (χ1v) is 8.58. The number of carboxylic acid groups (broad SMARTS) is 1. The molecule has 130 valence electrons. The van der Waals surface area contributed by atoms with Gasteiger partial charge in [-0.2, -0.15) is 0 Å². The highest BCUT2D eigenvalue weighted by Gasteiger charge is 2.46. The molecule has 2 atom stereocenters. The van der Waals surface area contributed by atoms with E-state index in [0.717, 1.165) is 4.90 Å². The van der Waals surface area contributed by atoms with Crippen LogP contribution in [-0.2, 0) is 25.2 Å². The minimum Gasteiger partial charge on any atom is -0.481 e. The van der Waals surface area contributed by atoms with Crippen LogP contribution in [0.3, 0.4) is 0 Å². The van der Waals surface area contributed by atoms with Gasteiger partial charge in [0.1, 0.15) is 11.8 Å². The predicted octanol–water partition coefficient (Wildman–Crippen LogP) is -0.720. The molecule has 1 fully saturated rings. The Labute approximate surface area is 143 Å². The van der Waals surface area contributed by atoms with Crippen molar-refractivity contribution in [3.05, 3.63) is 29.3 Å². The average molecular weight is 364 g/mol. The number of rotatable bonds is 4. The van der Waals surface area contributed by atoms with Gasteiger partial charge < -0.3 is 5.11 Å². The van der Waals surface area contributed by atoms with Gasteiger partial charge in [-0.05, 0) is 18.6 Å². The van der Waals surface area contributed by atoms with Gasteiger partial charge in [0.2, 0.25) is 11.8 Å². The van der Waals surface area contributed by atoms with E-state index in [-0.39, 0.29) is 28.9 Å². The number of hydrogen-bond acceptors (Lipinski definition) is 6. The number of carboxylic acids is 1. The monoisotopic (exact) mass is 364 g/mol. The number of carbonyl (C=O) groups is 5. The highest BCUT2D eigenvalue weighted by atomic mass is 32.2. The molecule has 0 aliphatic carbocycles. The number of fused-ring (bicyclic) bond motifs is 1. The van der Waals surface area contributed by atoms with E-state index in [1.165, 1.54) is 18.2 Å². The molecule has 10 heteroatoms. The first-order valence-electron chi connectivity index (χ1n) is 7.26. The number of imide groups is 2.